The molecule has 2 unspecified atom stereocenters. The molecule has 0 bridgehead atoms. The summed E-state index contributed by atoms with van der Waals surface area (Å²) in [6.45, 7) is 4.63. The van der Waals surface area contributed by atoms with Crippen LogP contribution in [0.2, 0.25) is 5.02 Å². The van der Waals surface area contributed by atoms with Crippen molar-refractivity contribution in [2.45, 2.75) is 39.2 Å². The monoisotopic (exact) mass is 239 g/mol. The molecule has 1 heterocycles. The molecule has 0 saturated heterocycles. The zero-order valence-corrected chi connectivity index (χ0v) is 10.5. The minimum Gasteiger partial charge on any atom is -0.351 e. The zero-order valence-electron chi connectivity index (χ0n) is 9.78. The van der Waals surface area contributed by atoms with E-state index in [4.69, 9.17) is 11.6 Å². The molecule has 0 amide bonds. The number of rotatable bonds is 2. The van der Waals surface area contributed by atoms with Gasteiger partial charge in [0.25, 0.3) is 0 Å². The molecule has 1 fully saturated rings. The van der Waals surface area contributed by atoms with E-state index in [1.807, 2.05) is 0 Å². The maximum atomic E-state index is 5.75. The van der Waals surface area contributed by atoms with Crippen molar-refractivity contribution < 1.29 is 0 Å². The Morgan fingerprint density at radius 3 is 2.25 bits per heavy atom. The maximum Gasteiger partial charge on any atom is 0.222 e. The van der Waals surface area contributed by atoms with Crippen molar-refractivity contribution >= 4 is 17.5 Å². The van der Waals surface area contributed by atoms with Gasteiger partial charge in [0.05, 0.1) is 17.4 Å². The highest BCUT2D eigenvalue weighted by Crippen LogP contribution is 2.29. The lowest BCUT2D eigenvalue weighted by atomic mass is 9.80. The molecule has 1 aliphatic carbocycles. The second-order valence-electron chi connectivity index (χ2n) is 4.98. The Bertz CT molecular complexity index is 329. The molecule has 88 valence electrons. The molecule has 0 spiro atoms. The van der Waals surface area contributed by atoms with Gasteiger partial charge in [0, 0.05) is 6.04 Å². The first-order valence-corrected chi connectivity index (χ1v) is 6.25. The fraction of sp³-hybridized carbons (Fsp3) is 0.667. The lowest BCUT2D eigenvalue weighted by Gasteiger charge is -2.31. The smallest absolute Gasteiger partial charge is 0.222 e. The van der Waals surface area contributed by atoms with Gasteiger partial charge in [-0.15, -0.1) is 0 Å². The van der Waals surface area contributed by atoms with Crippen LogP contribution in [0.25, 0.3) is 0 Å². The second-order valence-corrected chi connectivity index (χ2v) is 5.42. The fourth-order valence-corrected chi connectivity index (χ4v) is 2.73. The lowest BCUT2D eigenvalue weighted by molar-refractivity contribution is 0.280. The Balaban J connectivity index is 1.96. The van der Waals surface area contributed by atoms with E-state index in [1.165, 1.54) is 19.3 Å². The Morgan fingerprint density at radius 1 is 1.12 bits per heavy atom. The van der Waals surface area contributed by atoms with Gasteiger partial charge in [-0.1, -0.05) is 25.4 Å². The number of nitrogens with one attached hydrogen (secondary N) is 1. The van der Waals surface area contributed by atoms with Crippen molar-refractivity contribution in [2.75, 3.05) is 5.32 Å². The Hall–Kier alpha value is -0.830. The van der Waals surface area contributed by atoms with E-state index >= 15 is 0 Å². The molecule has 1 N–H and O–H groups in total. The van der Waals surface area contributed by atoms with Gasteiger partial charge in [0.15, 0.2) is 0 Å². The first-order valence-electron chi connectivity index (χ1n) is 5.87. The van der Waals surface area contributed by atoms with Gasteiger partial charge >= 0.3 is 0 Å². The summed E-state index contributed by atoms with van der Waals surface area (Å²) in [5, 5.41) is 3.97. The third-order valence-electron chi connectivity index (χ3n) is 3.13. The SMILES string of the molecule is CC1CC(C)CC(Nc2ncc(Cl)cn2)C1. The van der Waals surface area contributed by atoms with Gasteiger partial charge in [-0.2, -0.15) is 0 Å². The van der Waals surface area contributed by atoms with E-state index in [0.717, 1.165) is 11.8 Å². The van der Waals surface area contributed by atoms with Crippen molar-refractivity contribution in [3.8, 4) is 0 Å². The summed E-state index contributed by atoms with van der Waals surface area (Å²) >= 11 is 5.75. The van der Waals surface area contributed by atoms with Crippen molar-refractivity contribution in [3.63, 3.8) is 0 Å². The molecule has 4 heteroatoms. The van der Waals surface area contributed by atoms with Gasteiger partial charge in [-0.05, 0) is 31.1 Å². The first kappa shape index (κ1) is 11.6. The third kappa shape index (κ3) is 3.08. The molecule has 0 radical (unpaired) electrons. The summed E-state index contributed by atoms with van der Waals surface area (Å²) in [5.41, 5.74) is 0. The summed E-state index contributed by atoms with van der Waals surface area (Å²) in [6, 6.07) is 0.500. The van der Waals surface area contributed by atoms with E-state index in [2.05, 4.69) is 29.1 Å². The topological polar surface area (TPSA) is 37.8 Å². The van der Waals surface area contributed by atoms with Crippen LogP contribution in [0.4, 0.5) is 5.95 Å². The van der Waals surface area contributed by atoms with Gasteiger partial charge in [-0.25, -0.2) is 9.97 Å². The van der Waals surface area contributed by atoms with Gasteiger partial charge < -0.3 is 5.32 Å². The average molecular weight is 240 g/mol. The number of hydrogen-bond donors (Lipinski definition) is 1. The highest BCUT2D eigenvalue weighted by atomic mass is 35.5. The van der Waals surface area contributed by atoms with Crippen LogP contribution >= 0.6 is 11.6 Å². The maximum absolute atomic E-state index is 5.75. The van der Waals surface area contributed by atoms with Gasteiger partial charge in [0.1, 0.15) is 0 Å². The number of nitrogens with zero attached hydrogens (tertiary/aromatic N) is 2. The largest absolute Gasteiger partial charge is 0.351 e. The first-order chi connectivity index (χ1) is 7.63. The van der Waals surface area contributed by atoms with Crippen LogP contribution in [0.15, 0.2) is 12.4 Å². The van der Waals surface area contributed by atoms with Crippen LogP contribution in [-0.2, 0) is 0 Å². The van der Waals surface area contributed by atoms with Crippen LogP contribution in [0.5, 0.6) is 0 Å². The Labute approximate surface area is 102 Å². The molecule has 16 heavy (non-hydrogen) atoms. The molecule has 1 aliphatic rings. The standard InChI is InChI=1S/C12H18ClN3/c1-8-3-9(2)5-11(4-8)16-12-14-6-10(13)7-15-12/h6-9,11H,3-5H2,1-2H3,(H,14,15,16). The summed E-state index contributed by atoms with van der Waals surface area (Å²) in [6.07, 6.45) is 7.01. The molecule has 1 aromatic heterocycles. The van der Waals surface area contributed by atoms with Crippen molar-refractivity contribution in [1.29, 1.82) is 0 Å². The molecule has 0 aliphatic heterocycles. The predicted octanol–water partition coefficient (Wildman–Crippen LogP) is 3.37. The number of hydrogen-bond acceptors (Lipinski definition) is 3. The minimum atomic E-state index is 0.500. The van der Waals surface area contributed by atoms with E-state index in [9.17, 15) is 0 Å². The molecule has 0 aromatic carbocycles. The van der Waals surface area contributed by atoms with E-state index in [0.29, 0.717) is 17.0 Å². The molecule has 1 aromatic rings. The number of halogens is 1. The molecular formula is C12H18ClN3. The highest BCUT2D eigenvalue weighted by Gasteiger charge is 2.24. The lowest BCUT2D eigenvalue weighted by Crippen LogP contribution is -2.30. The van der Waals surface area contributed by atoms with Crippen molar-refractivity contribution in [3.05, 3.63) is 17.4 Å². The fourth-order valence-electron chi connectivity index (χ4n) is 2.63. The van der Waals surface area contributed by atoms with Crippen molar-refractivity contribution in [1.82, 2.24) is 9.97 Å². The van der Waals surface area contributed by atoms with Gasteiger partial charge in [-0.3, -0.25) is 0 Å². The van der Waals surface area contributed by atoms with E-state index < -0.39 is 0 Å². The number of anilines is 1. The van der Waals surface area contributed by atoms with E-state index in [1.54, 1.807) is 12.4 Å². The predicted molar refractivity (Wildman–Crippen MR) is 66.6 cm³/mol. The van der Waals surface area contributed by atoms with Crippen LogP contribution in [0, 0.1) is 11.8 Å². The summed E-state index contributed by atoms with van der Waals surface area (Å²) in [7, 11) is 0. The van der Waals surface area contributed by atoms with Crippen LogP contribution < -0.4 is 5.32 Å². The quantitative estimate of drug-likeness (QED) is 0.860. The summed E-state index contributed by atoms with van der Waals surface area (Å²) in [5.74, 6) is 2.26. The van der Waals surface area contributed by atoms with Crippen molar-refractivity contribution in [2.24, 2.45) is 11.8 Å². The molecule has 1 saturated carbocycles. The zero-order chi connectivity index (χ0) is 11.5. The third-order valence-corrected chi connectivity index (χ3v) is 3.33. The Kier molecular flexibility index (Phi) is 3.64. The molecular weight excluding hydrogens is 222 g/mol. The molecule has 2 rings (SSSR count). The minimum absolute atomic E-state index is 0.500. The number of aromatic nitrogens is 2. The molecule has 2 atom stereocenters. The van der Waals surface area contributed by atoms with Gasteiger partial charge in [0.2, 0.25) is 5.95 Å². The Morgan fingerprint density at radius 2 is 1.69 bits per heavy atom. The van der Waals surface area contributed by atoms with Crippen LogP contribution in [-0.4, -0.2) is 16.0 Å². The second kappa shape index (κ2) is 5.00. The highest BCUT2D eigenvalue weighted by molar-refractivity contribution is 6.30. The van der Waals surface area contributed by atoms with Crippen LogP contribution in [0.1, 0.15) is 33.1 Å². The average Bonchev–Trinajstić information content (AvgIpc) is 2.20. The van der Waals surface area contributed by atoms with E-state index in [-0.39, 0.29) is 0 Å². The molecule has 3 nitrogen and oxygen atoms in total. The normalized spacial score (nSPS) is 30.1. The summed E-state index contributed by atoms with van der Waals surface area (Å²) in [4.78, 5) is 8.34. The summed E-state index contributed by atoms with van der Waals surface area (Å²) < 4.78 is 0. The van der Waals surface area contributed by atoms with Crippen LogP contribution in [0.3, 0.4) is 0 Å².